The van der Waals surface area contributed by atoms with Crippen molar-refractivity contribution in [3.8, 4) is 11.1 Å². The lowest BCUT2D eigenvalue weighted by Crippen LogP contribution is -2.45. The van der Waals surface area contributed by atoms with Gasteiger partial charge in [0.05, 0.1) is 18.8 Å². The number of fused-ring (bicyclic) bond motifs is 3. The molecule has 3 rings (SSSR count). The van der Waals surface area contributed by atoms with Gasteiger partial charge in [-0.05, 0) is 35.1 Å². The van der Waals surface area contributed by atoms with Crippen molar-refractivity contribution in [2.24, 2.45) is 0 Å². The number of unbranched alkanes of at least 4 members (excludes halogenated alkanes) is 11. The van der Waals surface area contributed by atoms with Gasteiger partial charge in [-0.3, -0.25) is 0 Å². The van der Waals surface area contributed by atoms with Crippen molar-refractivity contribution < 1.29 is 19.7 Å². The maximum Gasteiger partial charge on any atom is 0.407 e. The Kier molecular flexibility index (Phi) is 13.4. The number of hydrogen-bond donors (Lipinski definition) is 3. The Bertz CT molecular complexity index is 943. The van der Waals surface area contributed by atoms with Gasteiger partial charge in [-0.15, -0.1) is 0 Å². The number of carbonyl (C=O) groups is 1. The van der Waals surface area contributed by atoms with Crippen LogP contribution in [0.1, 0.15) is 101 Å². The molecule has 3 N–H and O–H groups in total. The smallest absolute Gasteiger partial charge is 0.407 e. The molecule has 1 aliphatic rings. The minimum absolute atomic E-state index is 0.0312. The number of alkyl carbamates (subject to hydrolysis) is 1. The van der Waals surface area contributed by atoms with Crippen LogP contribution in [0.15, 0.2) is 60.7 Å². The van der Waals surface area contributed by atoms with E-state index in [9.17, 15) is 15.0 Å². The predicted molar refractivity (Wildman–Crippen MR) is 155 cm³/mol. The highest BCUT2D eigenvalue weighted by Gasteiger charge is 2.29. The van der Waals surface area contributed by atoms with Crippen molar-refractivity contribution in [2.75, 3.05) is 13.2 Å². The highest BCUT2D eigenvalue weighted by Crippen LogP contribution is 2.44. The van der Waals surface area contributed by atoms with Crippen molar-refractivity contribution >= 4 is 6.09 Å². The molecule has 5 heteroatoms. The van der Waals surface area contributed by atoms with E-state index >= 15 is 0 Å². The number of allylic oxidation sites excluding steroid dienone is 1. The van der Waals surface area contributed by atoms with Gasteiger partial charge in [-0.25, -0.2) is 4.79 Å². The number of nitrogens with one attached hydrogen (secondary N) is 1. The number of ether oxygens (including phenoxy) is 1. The molecule has 0 heterocycles. The molecular weight excluding hydrogens is 474 g/mol. The predicted octanol–water partition coefficient (Wildman–Crippen LogP) is 7.50. The van der Waals surface area contributed by atoms with Gasteiger partial charge in [0, 0.05) is 5.92 Å². The Morgan fingerprint density at radius 3 is 1.95 bits per heavy atom. The number of hydrogen-bond acceptors (Lipinski definition) is 4. The molecule has 5 nitrogen and oxygen atoms in total. The standard InChI is InChI=1S/C33H47NO4/c1-2-3-4-5-6-7-8-9-10-11-12-13-14-23-32(36)31(24-35)34-33(37)38-25-30-28-21-17-15-19-26(28)27-20-16-18-22-29(27)30/h14-23,30-32,35-36H,2-13,24-25H2,1H3,(H,34,37). The van der Waals surface area contributed by atoms with E-state index < -0.39 is 18.2 Å². The molecule has 0 aromatic heterocycles. The van der Waals surface area contributed by atoms with Gasteiger partial charge in [0.1, 0.15) is 6.61 Å². The molecular formula is C33H47NO4. The number of benzene rings is 2. The van der Waals surface area contributed by atoms with Crippen LogP contribution < -0.4 is 5.32 Å². The van der Waals surface area contributed by atoms with Gasteiger partial charge < -0.3 is 20.3 Å². The summed E-state index contributed by atoms with van der Waals surface area (Å²) >= 11 is 0. The fourth-order valence-electron chi connectivity index (χ4n) is 5.33. The van der Waals surface area contributed by atoms with E-state index in [2.05, 4.69) is 36.5 Å². The monoisotopic (exact) mass is 521 g/mol. The van der Waals surface area contributed by atoms with E-state index in [1.54, 1.807) is 6.08 Å². The first-order valence-corrected chi connectivity index (χ1v) is 14.7. The quantitative estimate of drug-likeness (QED) is 0.140. The first kappa shape index (κ1) is 29.9. The number of carbonyl (C=O) groups excluding carboxylic acids is 1. The summed E-state index contributed by atoms with van der Waals surface area (Å²) in [4.78, 5) is 12.5. The normalized spacial score (nSPS) is 14.3. The van der Waals surface area contributed by atoms with Gasteiger partial charge in [0.15, 0.2) is 0 Å². The highest BCUT2D eigenvalue weighted by molar-refractivity contribution is 5.79. The molecule has 38 heavy (non-hydrogen) atoms. The molecule has 0 saturated heterocycles. The Morgan fingerprint density at radius 1 is 0.868 bits per heavy atom. The molecule has 2 aromatic carbocycles. The topological polar surface area (TPSA) is 78.8 Å². The molecule has 0 fully saturated rings. The Hall–Kier alpha value is -2.63. The van der Waals surface area contributed by atoms with E-state index in [0.717, 1.165) is 24.0 Å². The summed E-state index contributed by atoms with van der Waals surface area (Å²) in [6, 6.07) is 15.6. The summed E-state index contributed by atoms with van der Waals surface area (Å²) in [5.41, 5.74) is 4.63. The largest absolute Gasteiger partial charge is 0.449 e. The third kappa shape index (κ3) is 9.28. The molecule has 2 atom stereocenters. The minimum Gasteiger partial charge on any atom is -0.449 e. The fraction of sp³-hybridized carbons (Fsp3) is 0.545. The van der Waals surface area contributed by atoms with Crippen LogP contribution in [0.25, 0.3) is 11.1 Å². The second-order valence-electron chi connectivity index (χ2n) is 10.5. The second kappa shape index (κ2) is 17.1. The van der Waals surface area contributed by atoms with E-state index in [0.29, 0.717) is 0 Å². The van der Waals surface area contributed by atoms with Gasteiger partial charge in [-0.2, -0.15) is 0 Å². The van der Waals surface area contributed by atoms with Crippen molar-refractivity contribution in [3.05, 3.63) is 71.8 Å². The zero-order valence-corrected chi connectivity index (χ0v) is 23.1. The summed E-state index contributed by atoms with van der Waals surface area (Å²) in [6.45, 7) is 2.09. The summed E-state index contributed by atoms with van der Waals surface area (Å²) in [6.07, 6.45) is 17.2. The lowest BCUT2D eigenvalue weighted by atomic mass is 9.98. The third-order valence-corrected chi connectivity index (χ3v) is 7.56. The van der Waals surface area contributed by atoms with Crippen LogP contribution in [0, 0.1) is 0 Å². The Balaban J connectivity index is 1.32. The lowest BCUT2D eigenvalue weighted by Gasteiger charge is -2.21. The average molecular weight is 522 g/mol. The molecule has 1 amide bonds. The number of aliphatic hydroxyl groups excluding tert-OH is 2. The molecule has 0 saturated carbocycles. The van der Waals surface area contributed by atoms with Crippen molar-refractivity contribution in [3.63, 3.8) is 0 Å². The van der Waals surface area contributed by atoms with Crippen LogP contribution in [0.2, 0.25) is 0 Å². The molecule has 0 radical (unpaired) electrons. The molecule has 1 aliphatic carbocycles. The summed E-state index contributed by atoms with van der Waals surface area (Å²) in [5.74, 6) is -0.0312. The molecule has 0 aliphatic heterocycles. The average Bonchev–Trinajstić information content (AvgIpc) is 3.26. The first-order valence-electron chi connectivity index (χ1n) is 14.7. The molecule has 2 unspecified atom stereocenters. The summed E-state index contributed by atoms with van der Waals surface area (Å²) < 4.78 is 5.55. The third-order valence-electron chi connectivity index (χ3n) is 7.56. The highest BCUT2D eigenvalue weighted by atomic mass is 16.5. The molecule has 2 aromatic rings. The Labute approximate surface area is 229 Å². The molecule has 0 spiro atoms. The SMILES string of the molecule is CCCCCCCCCCCCCC=CC(O)C(CO)NC(=O)OCC1c2ccccc2-c2ccccc21. The summed E-state index contributed by atoms with van der Waals surface area (Å²) in [5, 5.41) is 22.8. The first-order chi connectivity index (χ1) is 18.7. The number of rotatable bonds is 18. The van der Waals surface area contributed by atoms with Gasteiger partial charge >= 0.3 is 6.09 Å². The van der Waals surface area contributed by atoms with Crippen LogP contribution in [-0.2, 0) is 4.74 Å². The van der Waals surface area contributed by atoms with Crippen molar-refractivity contribution in [1.29, 1.82) is 0 Å². The zero-order valence-electron chi connectivity index (χ0n) is 23.1. The number of amides is 1. The van der Waals surface area contributed by atoms with Crippen LogP contribution in [-0.4, -0.2) is 41.7 Å². The van der Waals surface area contributed by atoms with Gasteiger partial charge in [-0.1, -0.05) is 132 Å². The summed E-state index contributed by atoms with van der Waals surface area (Å²) in [7, 11) is 0. The second-order valence-corrected chi connectivity index (χ2v) is 10.5. The van der Waals surface area contributed by atoms with Gasteiger partial charge in [0.2, 0.25) is 0 Å². The maximum absolute atomic E-state index is 12.5. The van der Waals surface area contributed by atoms with Crippen LogP contribution in [0.4, 0.5) is 4.79 Å². The van der Waals surface area contributed by atoms with Crippen LogP contribution in [0.3, 0.4) is 0 Å². The van der Waals surface area contributed by atoms with Gasteiger partial charge in [0.25, 0.3) is 0 Å². The van der Waals surface area contributed by atoms with E-state index in [1.165, 1.54) is 75.3 Å². The minimum atomic E-state index is -0.965. The molecule has 0 bridgehead atoms. The lowest BCUT2D eigenvalue weighted by molar-refractivity contribution is 0.0990. The Morgan fingerprint density at radius 2 is 1.39 bits per heavy atom. The van der Waals surface area contributed by atoms with Crippen molar-refractivity contribution in [1.82, 2.24) is 5.32 Å². The zero-order chi connectivity index (χ0) is 27.0. The van der Waals surface area contributed by atoms with Crippen molar-refractivity contribution in [2.45, 2.75) is 102 Å². The van der Waals surface area contributed by atoms with E-state index in [1.807, 2.05) is 30.3 Å². The maximum atomic E-state index is 12.5. The van der Waals surface area contributed by atoms with E-state index in [-0.39, 0.29) is 19.1 Å². The molecule has 208 valence electrons. The van der Waals surface area contributed by atoms with E-state index in [4.69, 9.17) is 4.74 Å². The van der Waals surface area contributed by atoms with Crippen LogP contribution >= 0.6 is 0 Å². The van der Waals surface area contributed by atoms with Crippen LogP contribution in [0.5, 0.6) is 0 Å². The fourth-order valence-corrected chi connectivity index (χ4v) is 5.33. The number of aliphatic hydroxyl groups is 2.